The van der Waals surface area contributed by atoms with E-state index < -0.39 is 11.6 Å². The lowest BCUT2D eigenvalue weighted by atomic mass is 10.1. The predicted octanol–water partition coefficient (Wildman–Crippen LogP) is 4.08. The zero-order valence-electron chi connectivity index (χ0n) is 11.6. The van der Waals surface area contributed by atoms with E-state index in [0.717, 1.165) is 0 Å². The van der Waals surface area contributed by atoms with Crippen LogP contribution in [-0.4, -0.2) is 14.8 Å². The van der Waals surface area contributed by atoms with Crippen LogP contribution in [0.5, 0.6) is 0 Å². The van der Waals surface area contributed by atoms with Crippen molar-refractivity contribution < 1.29 is 8.78 Å². The second-order valence-electron chi connectivity index (χ2n) is 5.13. The molecule has 0 radical (unpaired) electrons. The number of hydrogen-bond acceptors (Lipinski definition) is 2. The highest BCUT2D eigenvalue weighted by molar-refractivity contribution is 9.08. The van der Waals surface area contributed by atoms with Crippen molar-refractivity contribution in [2.24, 2.45) is 5.92 Å². The predicted molar refractivity (Wildman–Crippen MR) is 77.6 cm³/mol. The zero-order valence-corrected chi connectivity index (χ0v) is 13.2. The molecule has 0 saturated heterocycles. The standard InChI is InChI=1S/C14H16BrF2N3/c1-8(2)7-20-11(6-15)18-19-14(20)12-10(16)5-4-9(3)13(12)17/h4-5,8H,6-7H2,1-3H3. The first-order valence-electron chi connectivity index (χ1n) is 6.38. The smallest absolute Gasteiger partial charge is 0.169 e. The number of aromatic nitrogens is 3. The van der Waals surface area contributed by atoms with Gasteiger partial charge < -0.3 is 4.57 Å². The molecule has 0 amide bonds. The van der Waals surface area contributed by atoms with Gasteiger partial charge in [-0.15, -0.1) is 10.2 Å². The molecule has 0 saturated carbocycles. The number of alkyl halides is 1. The van der Waals surface area contributed by atoms with E-state index in [2.05, 4.69) is 26.1 Å². The van der Waals surface area contributed by atoms with Crippen molar-refractivity contribution >= 4 is 15.9 Å². The van der Waals surface area contributed by atoms with Crippen molar-refractivity contribution in [1.82, 2.24) is 14.8 Å². The average molecular weight is 344 g/mol. The highest BCUT2D eigenvalue weighted by Gasteiger charge is 2.21. The molecule has 0 atom stereocenters. The Balaban J connectivity index is 2.64. The van der Waals surface area contributed by atoms with E-state index in [1.807, 2.05) is 13.8 Å². The van der Waals surface area contributed by atoms with E-state index in [9.17, 15) is 8.78 Å². The van der Waals surface area contributed by atoms with Crippen LogP contribution in [0.4, 0.5) is 8.78 Å². The Morgan fingerprint density at radius 1 is 1.25 bits per heavy atom. The molecule has 1 aromatic carbocycles. The van der Waals surface area contributed by atoms with Gasteiger partial charge in [0.1, 0.15) is 17.5 Å². The third-order valence-electron chi connectivity index (χ3n) is 3.00. The first-order valence-corrected chi connectivity index (χ1v) is 7.50. The molecule has 1 aromatic heterocycles. The minimum atomic E-state index is -0.619. The van der Waals surface area contributed by atoms with Gasteiger partial charge in [-0.25, -0.2) is 8.78 Å². The van der Waals surface area contributed by atoms with Crippen molar-refractivity contribution in [1.29, 1.82) is 0 Å². The van der Waals surface area contributed by atoms with Crippen molar-refractivity contribution in [3.63, 3.8) is 0 Å². The van der Waals surface area contributed by atoms with E-state index in [1.165, 1.54) is 12.1 Å². The number of aryl methyl sites for hydroxylation is 1. The summed E-state index contributed by atoms with van der Waals surface area (Å²) in [5, 5.41) is 8.47. The Labute approximate surface area is 125 Å². The normalized spacial score (nSPS) is 11.3. The summed E-state index contributed by atoms with van der Waals surface area (Å²) in [6, 6.07) is 2.68. The minimum Gasteiger partial charge on any atom is -0.310 e. The number of hydrogen-bond donors (Lipinski definition) is 0. The Hall–Kier alpha value is -1.30. The molecule has 0 fully saturated rings. The van der Waals surface area contributed by atoms with E-state index in [-0.39, 0.29) is 11.4 Å². The van der Waals surface area contributed by atoms with Gasteiger partial charge in [0.15, 0.2) is 5.82 Å². The van der Waals surface area contributed by atoms with Crippen molar-refractivity contribution in [2.45, 2.75) is 32.6 Å². The van der Waals surface area contributed by atoms with Crippen LogP contribution < -0.4 is 0 Å². The monoisotopic (exact) mass is 343 g/mol. The van der Waals surface area contributed by atoms with E-state index in [0.29, 0.717) is 29.2 Å². The molecule has 6 heteroatoms. The van der Waals surface area contributed by atoms with E-state index >= 15 is 0 Å². The summed E-state index contributed by atoms with van der Waals surface area (Å²) in [7, 11) is 0. The van der Waals surface area contributed by atoms with Crippen molar-refractivity contribution in [3.05, 3.63) is 35.2 Å². The van der Waals surface area contributed by atoms with Crippen LogP contribution in [0.25, 0.3) is 11.4 Å². The molecule has 0 aliphatic carbocycles. The van der Waals surface area contributed by atoms with Crippen molar-refractivity contribution in [3.8, 4) is 11.4 Å². The first-order chi connectivity index (χ1) is 9.45. The van der Waals surface area contributed by atoms with Crippen LogP contribution in [0.1, 0.15) is 25.2 Å². The van der Waals surface area contributed by atoms with Gasteiger partial charge >= 0.3 is 0 Å². The van der Waals surface area contributed by atoms with Crippen molar-refractivity contribution in [2.75, 3.05) is 0 Å². The summed E-state index contributed by atoms with van der Waals surface area (Å²) < 4.78 is 30.0. The molecule has 20 heavy (non-hydrogen) atoms. The fourth-order valence-corrected chi connectivity index (χ4v) is 2.45. The largest absolute Gasteiger partial charge is 0.310 e. The van der Waals surface area contributed by atoms with E-state index in [4.69, 9.17) is 0 Å². The Morgan fingerprint density at radius 3 is 2.55 bits per heavy atom. The Bertz CT molecular complexity index is 623. The summed E-state index contributed by atoms with van der Waals surface area (Å²) in [6.45, 7) is 6.28. The average Bonchev–Trinajstić information content (AvgIpc) is 2.77. The lowest BCUT2D eigenvalue weighted by Gasteiger charge is -2.13. The SMILES string of the molecule is Cc1ccc(F)c(-c2nnc(CBr)n2CC(C)C)c1F. The zero-order chi connectivity index (χ0) is 14.9. The lowest BCUT2D eigenvalue weighted by molar-refractivity contribution is 0.511. The van der Waals surface area contributed by atoms with E-state index in [1.54, 1.807) is 11.5 Å². The molecule has 0 N–H and O–H groups in total. The highest BCUT2D eigenvalue weighted by Crippen LogP contribution is 2.28. The van der Waals surface area contributed by atoms with Gasteiger partial charge in [-0.3, -0.25) is 0 Å². The van der Waals surface area contributed by atoms with Crippen LogP contribution in [-0.2, 0) is 11.9 Å². The third kappa shape index (κ3) is 2.75. The Morgan fingerprint density at radius 2 is 1.95 bits per heavy atom. The summed E-state index contributed by atoms with van der Waals surface area (Å²) in [5.41, 5.74) is 0.284. The number of benzene rings is 1. The van der Waals surface area contributed by atoms with Gasteiger partial charge in [-0.2, -0.15) is 0 Å². The van der Waals surface area contributed by atoms with Gasteiger partial charge in [0, 0.05) is 6.54 Å². The maximum atomic E-state index is 14.2. The molecule has 0 spiro atoms. The molecule has 3 nitrogen and oxygen atoms in total. The maximum Gasteiger partial charge on any atom is 0.169 e. The molecule has 108 valence electrons. The topological polar surface area (TPSA) is 30.7 Å². The molecule has 0 aliphatic heterocycles. The van der Waals surface area contributed by atoms with Gasteiger partial charge in [0.25, 0.3) is 0 Å². The highest BCUT2D eigenvalue weighted by atomic mass is 79.9. The molecule has 0 aliphatic rings. The molecule has 0 unspecified atom stereocenters. The van der Waals surface area contributed by atoms with Crippen LogP contribution in [0.15, 0.2) is 12.1 Å². The third-order valence-corrected chi connectivity index (χ3v) is 3.50. The van der Waals surface area contributed by atoms with Gasteiger partial charge in [0.05, 0.1) is 10.9 Å². The quantitative estimate of drug-likeness (QED) is 0.783. The molecule has 0 bridgehead atoms. The fraction of sp³-hybridized carbons (Fsp3) is 0.429. The maximum absolute atomic E-state index is 14.2. The van der Waals surface area contributed by atoms with Crippen LogP contribution in [0.2, 0.25) is 0 Å². The molecule has 1 heterocycles. The fourth-order valence-electron chi connectivity index (χ4n) is 2.04. The number of nitrogens with zero attached hydrogens (tertiary/aromatic N) is 3. The Kier molecular flexibility index (Phi) is 4.52. The number of halogens is 3. The first kappa shape index (κ1) is 15.1. The lowest BCUT2D eigenvalue weighted by Crippen LogP contribution is -2.10. The van der Waals surface area contributed by atoms with Gasteiger partial charge in [-0.05, 0) is 24.5 Å². The van der Waals surface area contributed by atoms with Crippen LogP contribution in [0, 0.1) is 24.5 Å². The second-order valence-corrected chi connectivity index (χ2v) is 5.69. The summed E-state index contributed by atoms with van der Waals surface area (Å²) in [6.07, 6.45) is 0. The summed E-state index contributed by atoms with van der Waals surface area (Å²) in [5.74, 6) is 0.0227. The molecular formula is C14H16BrF2N3. The van der Waals surface area contributed by atoms with Crippen LogP contribution >= 0.6 is 15.9 Å². The summed E-state index contributed by atoms with van der Waals surface area (Å²) >= 11 is 3.32. The minimum absolute atomic E-state index is 0.106. The second kappa shape index (κ2) is 5.99. The molecule has 2 aromatic rings. The number of rotatable bonds is 4. The van der Waals surface area contributed by atoms with Crippen LogP contribution in [0.3, 0.4) is 0 Å². The summed E-state index contributed by atoms with van der Waals surface area (Å²) in [4.78, 5) is 0. The molecular weight excluding hydrogens is 328 g/mol. The van der Waals surface area contributed by atoms with Gasteiger partial charge in [-0.1, -0.05) is 35.8 Å². The molecule has 2 rings (SSSR count). The van der Waals surface area contributed by atoms with Gasteiger partial charge in [0.2, 0.25) is 0 Å².